The molecule has 0 amide bonds. The Kier molecular flexibility index (Phi) is 5.87. The number of benzene rings is 3. The highest BCUT2D eigenvalue weighted by Gasteiger charge is 2.34. The first-order chi connectivity index (χ1) is 16.8. The molecule has 1 unspecified atom stereocenters. The standard InChI is InChI=1S/C30H28N2O3/c1-19(2)16-31-17-20(3)30(34)23-8-5-9-25(13-23)35-18-21-6-4-7-22(12-21)26-15-29(33)32-28-11-10-24(30)14-27(26)28/h4-17,19,34H,18H2,1-3H3,(H,32,33)/b20-17+,31-16?. The molecule has 0 aliphatic carbocycles. The second-order valence-corrected chi connectivity index (χ2v) is 9.39. The molecule has 0 fully saturated rings. The summed E-state index contributed by atoms with van der Waals surface area (Å²) >= 11 is 0. The van der Waals surface area contributed by atoms with Crippen molar-refractivity contribution in [1.29, 1.82) is 0 Å². The summed E-state index contributed by atoms with van der Waals surface area (Å²) in [6.07, 6.45) is 3.56. The zero-order chi connectivity index (χ0) is 24.6. The van der Waals surface area contributed by atoms with E-state index in [-0.39, 0.29) is 5.56 Å². The predicted octanol–water partition coefficient (Wildman–Crippen LogP) is 5.95. The van der Waals surface area contributed by atoms with Crippen molar-refractivity contribution >= 4 is 17.1 Å². The fraction of sp³-hybridized carbons (Fsp3) is 0.200. The van der Waals surface area contributed by atoms with E-state index < -0.39 is 5.60 Å². The Labute approximate surface area is 204 Å². The third kappa shape index (κ3) is 4.31. The molecular formula is C30H28N2O3. The summed E-state index contributed by atoms with van der Waals surface area (Å²) < 4.78 is 6.11. The normalized spacial score (nSPS) is 17.8. The molecule has 0 saturated heterocycles. The molecule has 5 rings (SSSR count). The van der Waals surface area contributed by atoms with Crippen LogP contribution >= 0.6 is 0 Å². The molecule has 2 N–H and O–H groups in total. The van der Waals surface area contributed by atoms with Crippen molar-refractivity contribution in [3.63, 3.8) is 0 Å². The van der Waals surface area contributed by atoms with Crippen LogP contribution < -0.4 is 10.3 Å². The van der Waals surface area contributed by atoms with E-state index in [0.29, 0.717) is 40.5 Å². The number of aromatic nitrogens is 1. The number of ether oxygens (including phenoxy) is 1. The van der Waals surface area contributed by atoms with Gasteiger partial charge in [0.25, 0.3) is 0 Å². The van der Waals surface area contributed by atoms with E-state index in [1.807, 2.05) is 79.9 Å². The maximum atomic E-state index is 12.5. The van der Waals surface area contributed by atoms with Crippen molar-refractivity contribution in [2.75, 3.05) is 0 Å². The van der Waals surface area contributed by atoms with Crippen molar-refractivity contribution in [3.8, 4) is 16.9 Å². The van der Waals surface area contributed by atoms with Gasteiger partial charge in [0.15, 0.2) is 0 Å². The Morgan fingerprint density at radius 1 is 1.06 bits per heavy atom. The number of aromatic amines is 1. The zero-order valence-electron chi connectivity index (χ0n) is 20.1. The number of aliphatic hydroxyl groups is 1. The monoisotopic (exact) mass is 464 g/mol. The van der Waals surface area contributed by atoms with Crippen molar-refractivity contribution < 1.29 is 9.84 Å². The van der Waals surface area contributed by atoms with Gasteiger partial charge in [-0.15, -0.1) is 0 Å². The highest BCUT2D eigenvalue weighted by atomic mass is 16.5. The molecule has 2 heterocycles. The summed E-state index contributed by atoms with van der Waals surface area (Å²) in [5.41, 5.74) is 3.83. The van der Waals surface area contributed by atoms with Crippen LogP contribution in [-0.4, -0.2) is 16.3 Å². The minimum Gasteiger partial charge on any atom is -0.489 e. The van der Waals surface area contributed by atoms with Crippen LogP contribution in [0.1, 0.15) is 37.5 Å². The topological polar surface area (TPSA) is 74.7 Å². The van der Waals surface area contributed by atoms with Crippen LogP contribution in [0.15, 0.2) is 94.4 Å². The first-order valence-corrected chi connectivity index (χ1v) is 11.8. The quantitative estimate of drug-likeness (QED) is 0.368. The van der Waals surface area contributed by atoms with E-state index in [1.165, 1.54) is 0 Å². The van der Waals surface area contributed by atoms with Gasteiger partial charge in [-0.3, -0.25) is 9.79 Å². The number of aliphatic imine (C=N–C) groups is 1. The van der Waals surface area contributed by atoms with Crippen LogP contribution in [0.4, 0.5) is 0 Å². The number of nitrogens with zero attached hydrogens (tertiary/aromatic N) is 1. The summed E-state index contributed by atoms with van der Waals surface area (Å²) in [4.78, 5) is 19.9. The maximum absolute atomic E-state index is 12.5. The SMILES string of the molecule is C/C(=C\N=CC(C)C)C1(O)c2cccc(c2)OCc2cccc(c2)-c2cc(=O)[nH]c3ccc1cc23. The van der Waals surface area contributed by atoms with Crippen molar-refractivity contribution in [1.82, 2.24) is 4.98 Å². The van der Waals surface area contributed by atoms with E-state index in [9.17, 15) is 9.90 Å². The van der Waals surface area contributed by atoms with E-state index in [4.69, 9.17) is 4.74 Å². The average molecular weight is 465 g/mol. The Morgan fingerprint density at radius 3 is 2.69 bits per heavy atom. The number of rotatable bonds is 3. The average Bonchev–Trinajstić information content (AvgIpc) is 2.86. The number of nitrogens with one attached hydrogen (secondary N) is 1. The highest BCUT2D eigenvalue weighted by molar-refractivity contribution is 5.95. The van der Waals surface area contributed by atoms with Crippen LogP contribution in [0, 0.1) is 5.92 Å². The molecule has 0 saturated carbocycles. The van der Waals surface area contributed by atoms with Gasteiger partial charge in [0, 0.05) is 29.4 Å². The Bertz CT molecular complexity index is 1530. The molecule has 0 spiro atoms. The second kappa shape index (κ2) is 9.01. The van der Waals surface area contributed by atoms with Crippen molar-refractivity contribution in [3.05, 3.63) is 112 Å². The molecular weight excluding hydrogens is 436 g/mol. The third-order valence-electron chi connectivity index (χ3n) is 6.38. The molecule has 1 aromatic heterocycles. The molecule has 5 nitrogen and oxygen atoms in total. The van der Waals surface area contributed by atoms with Gasteiger partial charge < -0.3 is 14.8 Å². The van der Waals surface area contributed by atoms with Gasteiger partial charge in [0.2, 0.25) is 5.56 Å². The Morgan fingerprint density at radius 2 is 1.86 bits per heavy atom. The van der Waals surface area contributed by atoms with Crippen LogP contribution in [0.25, 0.3) is 22.0 Å². The van der Waals surface area contributed by atoms with E-state index >= 15 is 0 Å². The minimum absolute atomic E-state index is 0.174. The van der Waals surface area contributed by atoms with Crippen LogP contribution in [0.3, 0.4) is 0 Å². The molecule has 3 aromatic carbocycles. The lowest BCUT2D eigenvalue weighted by Gasteiger charge is -2.31. The lowest BCUT2D eigenvalue weighted by molar-refractivity contribution is 0.120. The number of H-pyrrole nitrogens is 1. The molecule has 1 atom stereocenters. The van der Waals surface area contributed by atoms with Crippen LogP contribution in [0.2, 0.25) is 0 Å². The fourth-order valence-corrected chi connectivity index (χ4v) is 4.57. The van der Waals surface area contributed by atoms with Gasteiger partial charge in [-0.2, -0.15) is 0 Å². The van der Waals surface area contributed by atoms with Gasteiger partial charge in [-0.25, -0.2) is 0 Å². The van der Waals surface area contributed by atoms with Crippen molar-refractivity contribution in [2.24, 2.45) is 10.9 Å². The summed E-state index contributed by atoms with van der Waals surface area (Å²) in [5, 5.41) is 13.2. The molecule has 0 radical (unpaired) electrons. The second-order valence-electron chi connectivity index (χ2n) is 9.39. The van der Waals surface area contributed by atoms with Gasteiger partial charge in [-0.1, -0.05) is 50.2 Å². The van der Waals surface area contributed by atoms with Crippen LogP contribution in [-0.2, 0) is 12.2 Å². The van der Waals surface area contributed by atoms with Gasteiger partial charge in [0.1, 0.15) is 18.0 Å². The van der Waals surface area contributed by atoms with E-state index in [2.05, 4.69) is 23.8 Å². The molecule has 176 valence electrons. The van der Waals surface area contributed by atoms with Crippen LogP contribution in [0.5, 0.6) is 5.75 Å². The van der Waals surface area contributed by atoms with Gasteiger partial charge in [-0.05, 0) is 76.6 Å². The summed E-state index contributed by atoms with van der Waals surface area (Å²) in [6.45, 7) is 6.36. The van der Waals surface area contributed by atoms with Crippen molar-refractivity contribution in [2.45, 2.75) is 33.0 Å². The van der Waals surface area contributed by atoms with Gasteiger partial charge >= 0.3 is 0 Å². The summed E-state index contributed by atoms with van der Waals surface area (Å²) in [7, 11) is 0. The minimum atomic E-state index is -1.46. The molecule has 5 heteroatoms. The number of fused-ring (bicyclic) bond motifs is 6. The predicted molar refractivity (Wildman–Crippen MR) is 141 cm³/mol. The first-order valence-electron chi connectivity index (χ1n) is 11.8. The highest BCUT2D eigenvalue weighted by Crippen LogP contribution is 2.40. The smallest absolute Gasteiger partial charge is 0.249 e. The lowest BCUT2D eigenvalue weighted by Crippen LogP contribution is -2.29. The Balaban J connectivity index is 1.83. The Hall–Kier alpha value is -3.96. The zero-order valence-corrected chi connectivity index (χ0v) is 20.1. The molecule has 1 aliphatic heterocycles. The largest absolute Gasteiger partial charge is 0.489 e. The molecule has 35 heavy (non-hydrogen) atoms. The first kappa shape index (κ1) is 22.8. The van der Waals surface area contributed by atoms with E-state index in [1.54, 1.807) is 12.3 Å². The summed E-state index contributed by atoms with van der Waals surface area (Å²) in [5.74, 6) is 0.957. The number of hydrogen-bond donors (Lipinski definition) is 2. The summed E-state index contributed by atoms with van der Waals surface area (Å²) in [6, 6.07) is 22.8. The lowest BCUT2D eigenvalue weighted by atomic mass is 9.80. The van der Waals surface area contributed by atoms with E-state index in [0.717, 1.165) is 22.1 Å². The fourth-order valence-electron chi connectivity index (χ4n) is 4.57. The number of hydrogen-bond acceptors (Lipinski definition) is 4. The number of pyridine rings is 1. The molecule has 6 bridgehead atoms. The molecule has 1 aliphatic rings. The maximum Gasteiger partial charge on any atom is 0.249 e. The molecule has 4 aromatic rings. The van der Waals surface area contributed by atoms with Gasteiger partial charge in [0.05, 0.1) is 0 Å². The third-order valence-corrected chi connectivity index (χ3v) is 6.38.